The predicted octanol–water partition coefficient (Wildman–Crippen LogP) is 4.93. The van der Waals surface area contributed by atoms with Gasteiger partial charge in [0.1, 0.15) is 17.5 Å². The van der Waals surface area contributed by atoms with Crippen molar-refractivity contribution >= 4 is 66.9 Å². The zero-order chi connectivity index (χ0) is 30.7. The molecule has 12 heteroatoms. The van der Waals surface area contributed by atoms with Crippen molar-refractivity contribution in [3.63, 3.8) is 0 Å². The topological polar surface area (TPSA) is 116 Å². The van der Waals surface area contributed by atoms with Crippen LogP contribution in [0.1, 0.15) is 29.7 Å². The van der Waals surface area contributed by atoms with Gasteiger partial charge in [-0.3, -0.25) is 9.36 Å². The molecule has 1 aliphatic rings. The summed E-state index contributed by atoms with van der Waals surface area (Å²) in [6.45, 7) is 1.38. The van der Waals surface area contributed by atoms with Crippen LogP contribution in [0.25, 0.3) is 11.8 Å². The van der Waals surface area contributed by atoms with Gasteiger partial charge in [0, 0.05) is 15.6 Å². The van der Waals surface area contributed by atoms with Gasteiger partial charge in [0.25, 0.3) is 5.56 Å². The summed E-state index contributed by atoms with van der Waals surface area (Å²) in [5.41, 5.74) is 2.21. The molecule has 0 radical (unpaired) electrons. The molecule has 1 aromatic heterocycles. The first-order valence-electron chi connectivity index (χ1n) is 13.0. The lowest BCUT2D eigenvalue weighted by Gasteiger charge is -2.27. The molecular weight excluding hydrogens is 704 g/mol. The normalized spacial score (nSPS) is 14.6. The van der Waals surface area contributed by atoms with E-state index in [0.29, 0.717) is 47.7 Å². The second-order valence-electron chi connectivity index (χ2n) is 9.19. The maximum Gasteiger partial charge on any atom is 0.341 e. The highest BCUT2D eigenvalue weighted by molar-refractivity contribution is 9.10. The van der Waals surface area contributed by atoms with Crippen molar-refractivity contribution in [2.75, 3.05) is 20.3 Å². The van der Waals surface area contributed by atoms with Gasteiger partial charge in [0.15, 0.2) is 11.4 Å². The number of hydrogen-bond acceptors (Lipinski definition) is 8. The summed E-state index contributed by atoms with van der Waals surface area (Å²) in [6.07, 6.45) is 1.71. The summed E-state index contributed by atoms with van der Waals surface area (Å²) in [5.74, 6) is -0.841. The molecule has 4 aromatic rings. The van der Waals surface area contributed by atoms with Crippen LogP contribution in [0.3, 0.4) is 0 Å². The van der Waals surface area contributed by atoms with E-state index in [0.717, 1.165) is 4.47 Å². The van der Waals surface area contributed by atoms with Gasteiger partial charge in [-0.15, -0.1) is 0 Å². The number of nitrogens with zero attached hydrogens (tertiary/aromatic N) is 2. The minimum atomic E-state index is -1.09. The number of carbonyl (C=O) groups excluding carboxylic acids is 1. The van der Waals surface area contributed by atoms with E-state index in [1.165, 1.54) is 23.0 Å². The van der Waals surface area contributed by atoms with Gasteiger partial charge in [-0.25, -0.2) is 14.6 Å². The first-order valence-corrected chi connectivity index (χ1v) is 15.4. The number of aliphatic carboxylic acids is 1. The summed E-state index contributed by atoms with van der Waals surface area (Å²) in [6, 6.07) is 18.9. The van der Waals surface area contributed by atoms with Gasteiger partial charge < -0.3 is 19.3 Å². The number of aromatic nitrogens is 1. The Balaban J connectivity index is 1.77. The van der Waals surface area contributed by atoms with Gasteiger partial charge in [-0.1, -0.05) is 63.7 Å². The number of rotatable bonds is 9. The van der Waals surface area contributed by atoms with Crippen LogP contribution >= 0.6 is 43.2 Å². The van der Waals surface area contributed by atoms with Crippen molar-refractivity contribution in [1.29, 1.82) is 0 Å². The Bertz CT molecular complexity index is 1930. The molecule has 2 heterocycles. The molecule has 1 N–H and O–H groups in total. The largest absolute Gasteiger partial charge is 0.496 e. The van der Waals surface area contributed by atoms with E-state index in [1.807, 2.05) is 42.5 Å². The third-order valence-electron chi connectivity index (χ3n) is 6.46. The number of carbonyl (C=O) groups is 2. The molecule has 1 atom stereocenters. The Labute approximate surface area is 266 Å². The summed E-state index contributed by atoms with van der Waals surface area (Å²) >= 11 is 8.13. The van der Waals surface area contributed by atoms with Crippen molar-refractivity contribution in [3.05, 3.63) is 118 Å². The average molecular weight is 728 g/mol. The summed E-state index contributed by atoms with van der Waals surface area (Å²) in [7, 11) is 1.53. The number of halogens is 2. The highest BCUT2D eigenvalue weighted by Gasteiger charge is 2.36. The van der Waals surface area contributed by atoms with Gasteiger partial charge in [0.05, 0.1) is 34.0 Å². The van der Waals surface area contributed by atoms with Crippen LogP contribution in [0.2, 0.25) is 0 Å². The van der Waals surface area contributed by atoms with Crippen LogP contribution in [-0.4, -0.2) is 41.9 Å². The number of methoxy groups -OCH3 is 1. The molecule has 0 bridgehead atoms. The highest BCUT2D eigenvalue weighted by atomic mass is 79.9. The van der Waals surface area contributed by atoms with Gasteiger partial charge in [-0.2, -0.15) is 0 Å². The minimum absolute atomic E-state index is 0.137. The second-order valence-corrected chi connectivity index (χ2v) is 12.0. The van der Waals surface area contributed by atoms with Crippen LogP contribution in [0, 0.1) is 0 Å². The van der Waals surface area contributed by atoms with E-state index in [4.69, 9.17) is 24.3 Å². The van der Waals surface area contributed by atoms with Crippen LogP contribution in [0.5, 0.6) is 11.5 Å². The van der Waals surface area contributed by atoms with Crippen molar-refractivity contribution < 1.29 is 28.9 Å². The SMILES string of the molecule is CCOC(=O)C1=C(c2ccccc2)N=c2s/c(=C\c3ccc(OCC(=O)O)c(Br)c3)c(=O)n2[C@H]1c1cc(Br)ccc1OC. The predicted molar refractivity (Wildman–Crippen MR) is 169 cm³/mol. The van der Waals surface area contributed by atoms with Crippen LogP contribution in [0.4, 0.5) is 0 Å². The summed E-state index contributed by atoms with van der Waals surface area (Å²) in [5, 5.41) is 8.92. The smallest absolute Gasteiger partial charge is 0.341 e. The first-order chi connectivity index (χ1) is 20.7. The number of carboxylic acids is 1. The minimum Gasteiger partial charge on any atom is -0.496 e. The van der Waals surface area contributed by atoms with Crippen LogP contribution in [0.15, 0.2) is 91.0 Å². The van der Waals surface area contributed by atoms with Crippen molar-refractivity contribution in [2.24, 2.45) is 4.99 Å². The molecule has 9 nitrogen and oxygen atoms in total. The molecule has 0 saturated carbocycles. The number of carboxylic acid groups (broad SMARTS) is 1. The van der Waals surface area contributed by atoms with E-state index in [9.17, 15) is 14.4 Å². The van der Waals surface area contributed by atoms with E-state index < -0.39 is 24.6 Å². The lowest BCUT2D eigenvalue weighted by atomic mass is 9.92. The fourth-order valence-corrected chi connectivity index (χ4v) is 6.56. The molecule has 0 amide bonds. The molecule has 3 aromatic carbocycles. The van der Waals surface area contributed by atoms with Crippen LogP contribution < -0.4 is 24.4 Å². The molecule has 0 aliphatic carbocycles. The summed E-state index contributed by atoms with van der Waals surface area (Å²) in [4.78, 5) is 44.0. The first kappa shape index (κ1) is 30.5. The number of thiazole rings is 1. The van der Waals surface area contributed by atoms with Gasteiger partial charge in [0.2, 0.25) is 0 Å². The fourth-order valence-electron chi connectivity index (χ4n) is 4.67. The lowest BCUT2D eigenvalue weighted by Crippen LogP contribution is -2.40. The molecule has 5 rings (SSSR count). The molecule has 1 aliphatic heterocycles. The third-order valence-corrected chi connectivity index (χ3v) is 8.56. The Kier molecular flexibility index (Phi) is 9.28. The highest BCUT2D eigenvalue weighted by Crippen LogP contribution is 2.39. The Morgan fingerprint density at radius 3 is 2.49 bits per heavy atom. The molecule has 0 unspecified atom stereocenters. The number of esters is 1. The zero-order valence-corrected chi connectivity index (χ0v) is 26.9. The molecule has 0 saturated heterocycles. The number of hydrogen-bond donors (Lipinski definition) is 1. The maximum absolute atomic E-state index is 14.1. The van der Waals surface area contributed by atoms with Crippen molar-refractivity contribution in [1.82, 2.24) is 4.57 Å². The Morgan fingerprint density at radius 1 is 1.07 bits per heavy atom. The van der Waals surface area contributed by atoms with Crippen LogP contribution in [-0.2, 0) is 14.3 Å². The molecule has 220 valence electrons. The van der Waals surface area contributed by atoms with E-state index >= 15 is 0 Å². The average Bonchev–Trinajstić information content (AvgIpc) is 3.30. The van der Waals surface area contributed by atoms with Crippen molar-refractivity contribution in [3.8, 4) is 11.5 Å². The van der Waals surface area contributed by atoms with E-state index in [1.54, 1.807) is 37.3 Å². The van der Waals surface area contributed by atoms with Gasteiger partial charge >= 0.3 is 11.9 Å². The zero-order valence-electron chi connectivity index (χ0n) is 22.9. The molecule has 0 fully saturated rings. The quantitative estimate of drug-likeness (QED) is 0.243. The van der Waals surface area contributed by atoms with Gasteiger partial charge in [-0.05, 0) is 64.8 Å². The number of ether oxygens (including phenoxy) is 3. The number of fused-ring (bicyclic) bond motifs is 1. The van der Waals surface area contributed by atoms with E-state index in [2.05, 4.69) is 31.9 Å². The molecular formula is C31H24Br2N2O7S. The standard InChI is InChI=1S/C31H24Br2N2O7S/c1-3-41-30(39)26-27(18-7-5-4-6-8-18)34-31-35(28(26)20-15-19(32)10-12-22(20)40-2)29(38)24(43-31)14-17-9-11-23(21(33)13-17)42-16-25(36)37/h4-15,28H,3,16H2,1-2H3,(H,36,37)/b24-14-/t28-/m0/s1. The maximum atomic E-state index is 14.1. The monoisotopic (exact) mass is 726 g/mol. The fraction of sp³-hybridized carbons (Fsp3) is 0.161. The molecule has 43 heavy (non-hydrogen) atoms. The Morgan fingerprint density at radius 2 is 1.81 bits per heavy atom. The number of benzene rings is 3. The molecule has 0 spiro atoms. The van der Waals surface area contributed by atoms with Crippen molar-refractivity contribution in [2.45, 2.75) is 13.0 Å². The second kappa shape index (κ2) is 13.1. The third kappa shape index (κ3) is 6.36. The summed E-state index contributed by atoms with van der Waals surface area (Å²) < 4.78 is 19.7. The Hall–Kier alpha value is -4.00. The van der Waals surface area contributed by atoms with E-state index in [-0.39, 0.29) is 17.7 Å². The lowest BCUT2D eigenvalue weighted by molar-refractivity contribution is -0.140.